The highest BCUT2D eigenvalue weighted by Gasteiger charge is 2.07. The van der Waals surface area contributed by atoms with Gasteiger partial charge in [-0.05, 0) is 24.3 Å². The zero-order chi connectivity index (χ0) is 13.8. The van der Waals surface area contributed by atoms with E-state index in [0.29, 0.717) is 23.1 Å². The van der Waals surface area contributed by atoms with Gasteiger partial charge in [0, 0.05) is 7.05 Å². The number of methoxy groups -OCH3 is 1. The summed E-state index contributed by atoms with van der Waals surface area (Å²) in [6, 6.07) is 6.70. The maximum atomic E-state index is 11.3. The molecule has 0 radical (unpaired) electrons. The van der Waals surface area contributed by atoms with Gasteiger partial charge in [-0.1, -0.05) is 11.6 Å². The van der Waals surface area contributed by atoms with E-state index in [4.69, 9.17) is 16.3 Å². The molecule has 2 aromatic rings. The molecule has 0 spiro atoms. The third-order valence-corrected chi connectivity index (χ3v) is 3.02. The van der Waals surface area contributed by atoms with E-state index in [2.05, 4.69) is 9.72 Å². The van der Waals surface area contributed by atoms with E-state index < -0.39 is 0 Å². The lowest BCUT2D eigenvalue weighted by molar-refractivity contribution is 0.0600. The van der Waals surface area contributed by atoms with Crippen molar-refractivity contribution in [3.63, 3.8) is 0 Å². The molecule has 0 N–H and O–H groups in total. The quantitative estimate of drug-likeness (QED) is 0.807. The highest BCUT2D eigenvalue weighted by Crippen LogP contribution is 2.15. The molecular weight excluding hydrogens is 268 g/mol. The van der Waals surface area contributed by atoms with Crippen LogP contribution < -0.4 is 4.74 Å². The van der Waals surface area contributed by atoms with Crippen molar-refractivity contribution in [3.8, 4) is 5.75 Å². The monoisotopic (exact) mass is 280 g/mol. The second-order valence-electron chi connectivity index (χ2n) is 3.86. The van der Waals surface area contributed by atoms with Crippen LogP contribution in [0.5, 0.6) is 5.75 Å². The number of hydrogen-bond acceptors (Lipinski definition) is 4. The van der Waals surface area contributed by atoms with Crippen molar-refractivity contribution in [2.24, 2.45) is 7.05 Å². The van der Waals surface area contributed by atoms with Gasteiger partial charge in [-0.25, -0.2) is 9.78 Å². The van der Waals surface area contributed by atoms with E-state index in [0.717, 1.165) is 5.82 Å². The first-order valence-electron chi connectivity index (χ1n) is 5.59. The molecule has 19 heavy (non-hydrogen) atoms. The molecule has 1 aromatic carbocycles. The van der Waals surface area contributed by atoms with Crippen LogP contribution in [-0.4, -0.2) is 22.6 Å². The number of aromatic nitrogens is 2. The molecular formula is C13H13ClN2O3. The molecule has 0 aliphatic carbocycles. The Hall–Kier alpha value is -2.01. The minimum atomic E-state index is -0.373. The molecule has 1 heterocycles. The molecule has 1 aromatic heterocycles. The summed E-state index contributed by atoms with van der Waals surface area (Å²) in [6.07, 6.45) is 1.57. The number of imidazole rings is 1. The topological polar surface area (TPSA) is 53.4 Å². The van der Waals surface area contributed by atoms with Gasteiger partial charge in [0.1, 0.15) is 23.3 Å². The summed E-state index contributed by atoms with van der Waals surface area (Å²) in [7, 11) is 3.16. The average Bonchev–Trinajstić information content (AvgIpc) is 2.76. The summed E-state index contributed by atoms with van der Waals surface area (Å²) in [4.78, 5) is 15.4. The second-order valence-corrected chi connectivity index (χ2v) is 4.25. The Bertz CT molecular complexity index is 578. The van der Waals surface area contributed by atoms with Gasteiger partial charge in [-0.15, -0.1) is 0 Å². The van der Waals surface area contributed by atoms with Crippen LogP contribution in [0.1, 0.15) is 16.2 Å². The lowest BCUT2D eigenvalue weighted by Gasteiger charge is -2.07. The molecule has 100 valence electrons. The van der Waals surface area contributed by atoms with Gasteiger partial charge in [-0.3, -0.25) is 0 Å². The molecule has 0 saturated heterocycles. The SMILES string of the molecule is COC(=O)c1ccc(OCc2ncc(Cl)n2C)cc1. The number of rotatable bonds is 4. The number of benzene rings is 1. The van der Waals surface area contributed by atoms with E-state index in [9.17, 15) is 4.79 Å². The van der Waals surface area contributed by atoms with Crippen molar-refractivity contribution in [1.82, 2.24) is 9.55 Å². The first-order chi connectivity index (χ1) is 9.11. The summed E-state index contributed by atoms with van der Waals surface area (Å²) in [5, 5.41) is 0.555. The normalized spacial score (nSPS) is 10.3. The molecule has 5 nitrogen and oxygen atoms in total. The van der Waals surface area contributed by atoms with Crippen LogP contribution in [0.15, 0.2) is 30.5 Å². The molecule has 0 fully saturated rings. The molecule has 0 aliphatic heterocycles. The molecule has 6 heteroatoms. The van der Waals surface area contributed by atoms with E-state index in [1.807, 2.05) is 7.05 Å². The van der Waals surface area contributed by atoms with E-state index >= 15 is 0 Å². The first-order valence-corrected chi connectivity index (χ1v) is 5.97. The number of carbonyl (C=O) groups is 1. The standard InChI is InChI=1S/C13H13ClN2O3/c1-16-11(14)7-15-12(16)8-19-10-5-3-9(4-6-10)13(17)18-2/h3-7H,8H2,1-2H3. The van der Waals surface area contributed by atoms with Gasteiger partial charge < -0.3 is 14.0 Å². The molecule has 2 rings (SSSR count). The predicted octanol–water partition coefficient (Wildman–Crippen LogP) is 2.44. The van der Waals surface area contributed by atoms with Crippen molar-refractivity contribution in [2.75, 3.05) is 7.11 Å². The Balaban J connectivity index is 2.00. The fraction of sp³-hybridized carbons (Fsp3) is 0.231. The van der Waals surface area contributed by atoms with Crippen LogP contribution in [0.3, 0.4) is 0 Å². The number of esters is 1. The summed E-state index contributed by atoms with van der Waals surface area (Å²) in [5.41, 5.74) is 0.481. The van der Waals surface area contributed by atoms with Crippen molar-refractivity contribution < 1.29 is 14.3 Å². The fourth-order valence-corrected chi connectivity index (χ4v) is 1.66. The van der Waals surface area contributed by atoms with Crippen LogP contribution >= 0.6 is 11.6 Å². The van der Waals surface area contributed by atoms with Crippen LogP contribution in [0.25, 0.3) is 0 Å². The lowest BCUT2D eigenvalue weighted by Crippen LogP contribution is -2.04. The van der Waals surface area contributed by atoms with Crippen molar-refractivity contribution in [2.45, 2.75) is 6.61 Å². The Morgan fingerprint density at radius 2 is 2.05 bits per heavy atom. The Kier molecular flexibility index (Phi) is 4.06. The van der Waals surface area contributed by atoms with Crippen LogP contribution in [0.2, 0.25) is 5.15 Å². The predicted molar refractivity (Wildman–Crippen MR) is 70.3 cm³/mol. The maximum Gasteiger partial charge on any atom is 0.337 e. The van der Waals surface area contributed by atoms with Crippen molar-refractivity contribution >= 4 is 17.6 Å². The molecule has 0 bridgehead atoms. The Labute approximate surface area is 115 Å². The number of carbonyl (C=O) groups excluding carboxylic acids is 1. The summed E-state index contributed by atoms with van der Waals surface area (Å²) in [5.74, 6) is 0.997. The molecule has 0 amide bonds. The highest BCUT2D eigenvalue weighted by atomic mass is 35.5. The van der Waals surface area contributed by atoms with E-state index in [1.54, 1.807) is 35.0 Å². The Morgan fingerprint density at radius 3 is 2.58 bits per heavy atom. The lowest BCUT2D eigenvalue weighted by atomic mass is 10.2. The van der Waals surface area contributed by atoms with Gasteiger partial charge >= 0.3 is 5.97 Å². The number of halogens is 1. The average molecular weight is 281 g/mol. The smallest absolute Gasteiger partial charge is 0.337 e. The number of nitrogens with zero attached hydrogens (tertiary/aromatic N) is 2. The van der Waals surface area contributed by atoms with Crippen molar-refractivity contribution in [1.29, 1.82) is 0 Å². The summed E-state index contributed by atoms with van der Waals surface area (Å²) >= 11 is 5.88. The molecule has 0 unspecified atom stereocenters. The second kappa shape index (κ2) is 5.75. The summed E-state index contributed by atoms with van der Waals surface area (Å²) < 4.78 is 11.9. The highest BCUT2D eigenvalue weighted by molar-refractivity contribution is 6.29. The minimum absolute atomic E-state index is 0.306. The van der Waals surface area contributed by atoms with E-state index in [-0.39, 0.29) is 5.97 Å². The van der Waals surface area contributed by atoms with Crippen LogP contribution in [0.4, 0.5) is 0 Å². The third-order valence-electron chi connectivity index (χ3n) is 2.67. The number of ether oxygens (including phenoxy) is 2. The van der Waals surface area contributed by atoms with Crippen molar-refractivity contribution in [3.05, 3.63) is 47.0 Å². The van der Waals surface area contributed by atoms with Crippen LogP contribution in [-0.2, 0) is 18.4 Å². The molecule has 0 saturated carbocycles. The van der Waals surface area contributed by atoms with Gasteiger partial charge in [0.25, 0.3) is 0 Å². The van der Waals surface area contributed by atoms with Gasteiger partial charge in [0.15, 0.2) is 0 Å². The number of hydrogen-bond donors (Lipinski definition) is 0. The van der Waals surface area contributed by atoms with Gasteiger partial charge in [0.05, 0.1) is 18.9 Å². The van der Waals surface area contributed by atoms with Gasteiger partial charge in [-0.2, -0.15) is 0 Å². The van der Waals surface area contributed by atoms with Crippen LogP contribution in [0, 0.1) is 0 Å². The zero-order valence-electron chi connectivity index (χ0n) is 10.6. The molecule has 0 atom stereocenters. The first kappa shape index (κ1) is 13.4. The minimum Gasteiger partial charge on any atom is -0.486 e. The maximum absolute atomic E-state index is 11.3. The third kappa shape index (κ3) is 3.06. The molecule has 0 aliphatic rings. The zero-order valence-corrected chi connectivity index (χ0v) is 11.3. The Morgan fingerprint density at radius 1 is 1.37 bits per heavy atom. The summed E-state index contributed by atoms with van der Waals surface area (Å²) in [6.45, 7) is 0.306. The largest absolute Gasteiger partial charge is 0.486 e. The van der Waals surface area contributed by atoms with Gasteiger partial charge in [0.2, 0.25) is 0 Å². The fourth-order valence-electron chi connectivity index (χ4n) is 1.51. The van der Waals surface area contributed by atoms with E-state index in [1.165, 1.54) is 7.11 Å².